The molecule has 0 radical (unpaired) electrons. The van der Waals surface area contributed by atoms with E-state index in [9.17, 15) is 9.59 Å². The van der Waals surface area contributed by atoms with Crippen molar-refractivity contribution in [3.05, 3.63) is 24.0 Å². The van der Waals surface area contributed by atoms with Crippen LogP contribution < -0.4 is 10.6 Å². The van der Waals surface area contributed by atoms with Gasteiger partial charge in [0.2, 0.25) is 0 Å². The van der Waals surface area contributed by atoms with Crippen LogP contribution in [0.2, 0.25) is 0 Å². The third-order valence-electron chi connectivity index (χ3n) is 4.45. The molecule has 3 rings (SSSR count). The first kappa shape index (κ1) is 20.3. The van der Waals surface area contributed by atoms with Crippen molar-refractivity contribution in [1.29, 1.82) is 0 Å². The highest BCUT2D eigenvalue weighted by Crippen LogP contribution is 2.26. The van der Waals surface area contributed by atoms with Gasteiger partial charge in [-0.1, -0.05) is 0 Å². The van der Waals surface area contributed by atoms with E-state index in [1.807, 2.05) is 20.8 Å². The largest absolute Gasteiger partial charge is 0.464 e. The van der Waals surface area contributed by atoms with Gasteiger partial charge in [-0.25, -0.2) is 14.6 Å². The van der Waals surface area contributed by atoms with Crippen molar-refractivity contribution in [3.8, 4) is 0 Å². The Bertz CT molecular complexity index is 721. The summed E-state index contributed by atoms with van der Waals surface area (Å²) in [6.07, 6.45) is 2.62. The number of piperidine rings is 1. The number of likely N-dealkylation sites (tertiary alicyclic amines) is 1. The highest BCUT2D eigenvalue weighted by atomic mass is 16.6. The maximum atomic E-state index is 12.3. The molecule has 2 aliphatic heterocycles. The van der Waals surface area contributed by atoms with E-state index in [0.717, 1.165) is 12.8 Å². The first-order valence-electron chi connectivity index (χ1n) is 9.46. The third-order valence-corrected chi connectivity index (χ3v) is 4.45. The van der Waals surface area contributed by atoms with Crippen LogP contribution in [0.1, 0.15) is 44.1 Å². The Balaban J connectivity index is 1.50. The first-order valence-corrected chi connectivity index (χ1v) is 9.46. The minimum atomic E-state index is -0.507. The molecule has 3 atom stereocenters. The molecule has 3 unspecified atom stereocenters. The normalized spacial score (nSPS) is 24.4. The van der Waals surface area contributed by atoms with Crippen molar-refractivity contribution in [2.75, 3.05) is 25.5 Å². The van der Waals surface area contributed by atoms with Crippen LogP contribution in [0.4, 0.5) is 10.5 Å². The number of carbonyl (C=O) groups is 2. The average molecular weight is 392 g/mol. The smallest absolute Gasteiger partial charge is 0.410 e. The van der Waals surface area contributed by atoms with Crippen LogP contribution in [0.15, 0.2) is 18.3 Å². The van der Waals surface area contributed by atoms with Gasteiger partial charge >= 0.3 is 12.1 Å². The molecule has 154 valence electrons. The van der Waals surface area contributed by atoms with Crippen LogP contribution in [0.5, 0.6) is 0 Å². The standard InChI is InChI=1S/C19H28N4O5/c1-19(2,3)28-18(25)23-10-6-7-12(11-23)21-15-16(27-15)22-13-8-5-9-20-14(13)17(24)26-4/h5,8-9,12,15-16,21-22H,6-7,10-11H2,1-4H3. The average Bonchev–Trinajstić information content (AvgIpc) is 3.37. The lowest BCUT2D eigenvalue weighted by Gasteiger charge is -2.34. The molecule has 1 aromatic rings. The second kappa shape index (κ2) is 8.32. The van der Waals surface area contributed by atoms with E-state index in [0.29, 0.717) is 18.8 Å². The van der Waals surface area contributed by atoms with Gasteiger partial charge in [0.05, 0.1) is 12.8 Å². The van der Waals surface area contributed by atoms with E-state index in [2.05, 4.69) is 15.6 Å². The second-order valence-corrected chi connectivity index (χ2v) is 7.94. The minimum Gasteiger partial charge on any atom is -0.464 e. The van der Waals surface area contributed by atoms with Crippen LogP contribution in [0.3, 0.4) is 0 Å². The molecule has 9 heteroatoms. The van der Waals surface area contributed by atoms with E-state index >= 15 is 0 Å². The van der Waals surface area contributed by atoms with Gasteiger partial charge in [-0.3, -0.25) is 5.32 Å². The SMILES string of the molecule is COC(=O)c1ncccc1NC1OC1NC1CCCN(C(=O)OC(C)(C)C)C1. The fourth-order valence-corrected chi connectivity index (χ4v) is 3.12. The van der Waals surface area contributed by atoms with Crippen molar-refractivity contribution in [2.24, 2.45) is 0 Å². The van der Waals surface area contributed by atoms with E-state index in [1.54, 1.807) is 17.0 Å². The Kier molecular flexibility index (Phi) is 6.04. The summed E-state index contributed by atoms with van der Waals surface area (Å²) in [6.45, 7) is 6.85. The lowest BCUT2D eigenvalue weighted by atomic mass is 10.1. The van der Waals surface area contributed by atoms with Gasteiger partial charge in [0.25, 0.3) is 0 Å². The summed E-state index contributed by atoms with van der Waals surface area (Å²) < 4.78 is 15.8. The number of amides is 1. The predicted molar refractivity (Wildman–Crippen MR) is 102 cm³/mol. The highest BCUT2D eigenvalue weighted by Gasteiger charge is 2.42. The Labute approximate surface area is 164 Å². The molecular formula is C19H28N4O5. The number of nitrogens with one attached hydrogen (secondary N) is 2. The van der Waals surface area contributed by atoms with E-state index in [4.69, 9.17) is 14.2 Å². The molecule has 2 aliphatic rings. The number of anilines is 1. The summed E-state index contributed by atoms with van der Waals surface area (Å²) in [7, 11) is 1.32. The number of methoxy groups -OCH3 is 1. The molecule has 9 nitrogen and oxygen atoms in total. The summed E-state index contributed by atoms with van der Waals surface area (Å²) >= 11 is 0. The molecular weight excluding hydrogens is 364 g/mol. The van der Waals surface area contributed by atoms with Crippen LogP contribution in [-0.2, 0) is 14.2 Å². The Morgan fingerprint density at radius 2 is 2.11 bits per heavy atom. The summed E-state index contributed by atoms with van der Waals surface area (Å²) in [5.41, 5.74) is 0.267. The van der Waals surface area contributed by atoms with Crippen LogP contribution in [-0.4, -0.2) is 66.2 Å². The van der Waals surface area contributed by atoms with Crippen molar-refractivity contribution < 1.29 is 23.8 Å². The molecule has 0 bridgehead atoms. The van der Waals surface area contributed by atoms with Gasteiger partial charge in [-0.05, 0) is 45.7 Å². The predicted octanol–water partition coefficient (Wildman–Crippen LogP) is 1.95. The molecule has 0 spiro atoms. The number of rotatable bonds is 5. The minimum absolute atomic E-state index is 0.118. The van der Waals surface area contributed by atoms with Crippen LogP contribution in [0.25, 0.3) is 0 Å². The molecule has 28 heavy (non-hydrogen) atoms. The number of ether oxygens (including phenoxy) is 3. The first-order chi connectivity index (χ1) is 13.3. The van der Waals surface area contributed by atoms with E-state index in [1.165, 1.54) is 13.3 Å². The number of hydrogen-bond acceptors (Lipinski definition) is 8. The van der Waals surface area contributed by atoms with Gasteiger partial charge < -0.3 is 24.4 Å². The summed E-state index contributed by atoms with van der Waals surface area (Å²) in [5.74, 6) is -0.506. The number of nitrogens with zero attached hydrogens (tertiary/aromatic N) is 2. The van der Waals surface area contributed by atoms with Gasteiger partial charge in [-0.15, -0.1) is 0 Å². The lowest BCUT2D eigenvalue weighted by Crippen LogP contribution is -2.50. The number of pyridine rings is 1. The zero-order chi connectivity index (χ0) is 20.3. The van der Waals surface area contributed by atoms with Crippen molar-refractivity contribution >= 4 is 17.7 Å². The molecule has 1 aromatic heterocycles. The van der Waals surface area contributed by atoms with Gasteiger partial charge in [0, 0.05) is 25.3 Å². The highest BCUT2D eigenvalue weighted by molar-refractivity contribution is 5.93. The summed E-state index contributed by atoms with van der Waals surface area (Å²) in [4.78, 5) is 29.9. The zero-order valence-electron chi connectivity index (χ0n) is 16.7. The number of epoxide rings is 1. The molecule has 0 aromatic carbocycles. The van der Waals surface area contributed by atoms with Gasteiger partial charge in [0.15, 0.2) is 18.1 Å². The molecule has 1 amide bonds. The molecule has 2 N–H and O–H groups in total. The summed E-state index contributed by atoms with van der Waals surface area (Å²) in [6, 6.07) is 3.61. The fourth-order valence-electron chi connectivity index (χ4n) is 3.12. The van der Waals surface area contributed by atoms with Gasteiger partial charge in [-0.2, -0.15) is 0 Å². The number of carbonyl (C=O) groups excluding carboxylic acids is 2. The molecule has 2 saturated heterocycles. The molecule has 2 fully saturated rings. The topological polar surface area (TPSA) is 105 Å². The monoisotopic (exact) mass is 392 g/mol. The zero-order valence-corrected chi connectivity index (χ0v) is 16.7. The Morgan fingerprint density at radius 1 is 1.32 bits per heavy atom. The van der Waals surface area contributed by atoms with Crippen LogP contribution in [0, 0.1) is 0 Å². The fraction of sp³-hybridized carbons (Fsp3) is 0.632. The van der Waals surface area contributed by atoms with E-state index < -0.39 is 11.6 Å². The number of esters is 1. The van der Waals surface area contributed by atoms with E-state index in [-0.39, 0.29) is 30.3 Å². The quantitative estimate of drug-likeness (QED) is 0.579. The maximum Gasteiger partial charge on any atom is 0.410 e. The van der Waals surface area contributed by atoms with Gasteiger partial charge in [0.1, 0.15) is 5.60 Å². The summed E-state index contributed by atoms with van der Waals surface area (Å²) in [5, 5.41) is 6.55. The van der Waals surface area contributed by atoms with Crippen molar-refractivity contribution in [2.45, 2.75) is 57.7 Å². The molecule has 3 heterocycles. The third kappa shape index (κ3) is 5.32. The molecule has 0 saturated carbocycles. The maximum absolute atomic E-state index is 12.3. The Morgan fingerprint density at radius 3 is 2.82 bits per heavy atom. The Hall–Kier alpha value is -2.39. The molecule has 0 aliphatic carbocycles. The van der Waals surface area contributed by atoms with Crippen LogP contribution >= 0.6 is 0 Å². The van der Waals surface area contributed by atoms with Crippen molar-refractivity contribution in [1.82, 2.24) is 15.2 Å². The number of hydrogen-bond donors (Lipinski definition) is 2. The lowest BCUT2D eigenvalue weighted by molar-refractivity contribution is 0.0182. The number of aromatic nitrogens is 1. The van der Waals surface area contributed by atoms with Crippen molar-refractivity contribution in [3.63, 3.8) is 0 Å². The second-order valence-electron chi connectivity index (χ2n) is 7.94.